The minimum atomic E-state index is -0.329. The van der Waals surface area contributed by atoms with E-state index in [1.807, 2.05) is 19.1 Å². The Labute approximate surface area is 136 Å². The summed E-state index contributed by atoms with van der Waals surface area (Å²) in [5, 5.41) is 5.42. The average Bonchev–Trinajstić information content (AvgIpc) is 2.56. The number of urea groups is 1. The molecule has 0 aliphatic carbocycles. The van der Waals surface area contributed by atoms with Crippen LogP contribution in [0.25, 0.3) is 6.08 Å². The van der Waals surface area contributed by atoms with E-state index in [4.69, 9.17) is 0 Å². The Morgan fingerprint density at radius 3 is 2.52 bits per heavy atom. The van der Waals surface area contributed by atoms with Crippen LogP contribution in [0.2, 0.25) is 0 Å². The molecule has 3 nitrogen and oxygen atoms in total. The van der Waals surface area contributed by atoms with Crippen LogP contribution < -0.4 is 10.6 Å². The van der Waals surface area contributed by atoms with Crippen molar-refractivity contribution in [2.45, 2.75) is 26.3 Å². The number of carbonyl (C=O) groups excluding carboxylic acids is 1. The van der Waals surface area contributed by atoms with Crippen LogP contribution in [0.4, 0.5) is 9.18 Å². The van der Waals surface area contributed by atoms with Crippen molar-refractivity contribution in [1.29, 1.82) is 0 Å². The van der Waals surface area contributed by atoms with Crippen LogP contribution in [-0.4, -0.2) is 6.03 Å². The zero-order valence-electron chi connectivity index (χ0n) is 13.3. The summed E-state index contributed by atoms with van der Waals surface area (Å²) in [6.45, 7) is 4.02. The van der Waals surface area contributed by atoms with E-state index in [0.29, 0.717) is 5.56 Å². The number of nitrogens with one attached hydrogen (secondary N) is 2. The van der Waals surface area contributed by atoms with Gasteiger partial charge in [0.1, 0.15) is 5.82 Å². The summed E-state index contributed by atoms with van der Waals surface area (Å²) in [6, 6.07) is 14.1. The van der Waals surface area contributed by atoms with Gasteiger partial charge in [-0.15, -0.1) is 0 Å². The highest BCUT2D eigenvalue weighted by molar-refractivity contribution is 5.76. The third kappa shape index (κ3) is 4.95. The van der Waals surface area contributed by atoms with Crippen molar-refractivity contribution < 1.29 is 9.18 Å². The van der Waals surface area contributed by atoms with Crippen LogP contribution in [0.15, 0.2) is 54.7 Å². The van der Waals surface area contributed by atoms with Gasteiger partial charge in [0.05, 0.1) is 6.04 Å². The Morgan fingerprint density at radius 2 is 1.87 bits per heavy atom. The lowest BCUT2D eigenvalue weighted by Gasteiger charge is -2.14. The lowest BCUT2D eigenvalue weighted by Crippen LogP contribution is -2.34. The fourth-order valence-electron chi connectivity index (χ4n) is 2.18. The van der Waals surface area contributed by atoms with E-state index >= 15 is 0 Å². The first-order valence-electron chi connectivity index (χ1n) is 7.67. The van der Waals surface area contributed by atoms with Gasteiger partial charge in [0.25, 0.3) is 0 Å². The molecule has 23 heavy (non-hydrogen) atoms. The largest absolute Gasteiger partial charge is 0.331 e. The number of aryl methyl sites for hydroxylation is 1. The molecule has 120 valence electrons. The van der Waals surface area contributed by atoms with Crippen molar-refractivity contribution in [1.82, 2.24) is 10.6 Å². The van der Waals surface area contributed by atoms with Crippen molar-refractivity contribution in [3.05, 3.63) is 77.2 Å². The molecule has 2 aromatic carbocycles. The summed E-state index contributed by atoms with van der Waals surface area (Å²) in [4.78, 5) is 11.9. The minimum absolute atomic E-state index is 0.109. The molecular formula is C19H21FN2O. The van der Waals surface area contributed by atoms with Gasteiger partial charge in [-0.3, -0.25) is 0 Å². The molecule has 1 atom stereocenters. The summed E-state index contributed by atoms with van der Waals surface area (Å²) in [7, 11) is 0. The van der Waals surface area contributed by atoms with Crippen LogP contribution >= 0.6 is 0 Å². The summed E-state index contributed by atoms with van der Waals surface area (Å²) in [5.74, 6) is -0.324. The Bertz CT molecular complexity index is 680. The molecule has 2 amide bonds. The van der Waals surface area contributed by atoms with Gasteiger partial charge < -0.3 is 10.6 Å². The number of hydrogen-bond acceptors (Lipinski definition) is 1. The predicted molar refractivity (Wildman–Crippen MR) is 91.3 cm³/mol. The Balaban J connectivity index is 1.87. The summed E-state index contributed by atoms with van der Waals surface area (Å²) >= 11 is 0. The molecule has 0 spiro atoms. The SMILES string of the molecule is CCc1ccc(C(C)NC(=O)N/C=C/c2ccccc2F)cc1. The summed E-state index contributed by atoms with van der Waals surface area (Å²) in [5.41, 5.74) is 2.73. The normalized spacial score (nSPS) is 12.1. The molecule has 2 aromatic rings. The van der Waals surface area contributed by atoms with E-state index in [1.54, 1.807) is 18.2 Å². The molecule has 2 N–H and O–H groups in total. The number of hydrogen-bond donors (Lipinski definition) is 2. The number of carbonyl (C=O) groups is 1. The third-order valence-electron chi connectivity index (χ3n) is 3.62. The second kappa shape index (κ2) is 8.13. The van der Waals surface area contributed by atoms with Gasteiger partial charge in [-0.1, -0.05) is 49.4 Å². The fraction of sp³-hybridized carbons (Fsp3) is 0.211. The lowest BCUT2D eigenvalue weighted by atomic mass is 10.1. The third-order valence-corrected chi connectivity index (χ3v) is 3.62. The molecule has 2 rings (SSSR count). The van der Waals surface area contributed by atoms with Crippen molar-refractivity contribution in [2.24, 2.45) is 0 Å². The molecule has 0 aliphatic rings. The second-order valence-corrected chi connectivity index (χ2v) is 5.29. The standard InChI is InChI=1S/C19H21FN2O/c1-3-15-8-10-16(11-9-15)14(2)22-19(23)21-13-12-17-6-4-5-7-18(17)20/h4-14H,3H2,1-2H3,(H2,21,22,23)/b13-12+. The predicted octanol–water partition coefficient (Wildman–Crippen LogP) is 4.42. The molecular weight excluding hydrogens is 291 g/mol. The molecule has 4 heteroatoms. The van der Waals surface area contributed by atoms with Gasteiger partial charge >= 0.3 is 6.03 Å². The first-order valence-corrected chi connectivity index (χ1v) is 7.67. The summed E-state index contributed by atoms with van der Waals surface area (Å²) < 4.78 is 13.4. The van der Waals surface area contributed by atoms with E-state index in [1.165, 1.54) is 23.9 Å². The molecule has 1 unspecified atom stereocenters. The zero-order chi connectivity index (χ0) is 16.7. The van der Waals surface area contributed by atoms with Crippen LogP contribution in [0.5, 0.6) is 0 Å². The van der Waals surface area contributed by atoms with Crippen molar-refractivity contribution in [2.75, 3.05) is 0 Å². The molecule has 0 heterocycles. The number of halogens is 1. The Morgan fingerprint density at radius 1 is 1.17 bits per heavy atom. The topological polar surface area (TPSA) is 41.1 Å². The van der Waals surface area contributed by atoms with Crippen LogP contribution in [-0.2, 0) is 6.42 Å². The van der Waals surface area contributed by atoms with E-state index in [0.717, 1.165) is 12.0 Å². The van der Waals surface area contributed by atoms with Crippen LogP contribution in [0.1, 0.15) is 36.6 Å². The van der Waals surface area contributed by atoms with Gasteiger partial charge in [-0.2, -0.15) is 0 Å². The molecule has 0 saturated carbocycles. The Hall–Kier alpha value is -2.62. The first-order chi connectivity index (χ1) is 11.1. The zero-order valence-corrected chi connectivity index (χ0v) is 13.3. The highest BCUT2D eigenvalue weighted by Gasteiger charge is 2.08. The fourth-order valence-corrected chi connectivity index (χ4v) is 2.18. The quantitative estimate of drug-likeness (QED) is 0.843. The Kier molecular flexibility index (Phi) is 5.92. The molecule has 0 aliphatic heterocycles. The van der Waals surface area contributed by atoms with Gasteiger partial charge in [-0.05, 0) is 36.6 Å². The number of rotatable bonds is 5. The van der Waals surface area contributed by atoms with Gasteiger partial charge in [0, 0.05) is 11.8 Å². The molecule has 0 bridgehead atoms. The molecule has 0 fully saturated rings. The maximum atomic E-state index is 13.4. The van der Waals surface area contributed by atoms with Gasteiger partial charge in [0.2, 0.25) is 0 Å². The first kappa shape index (κ1) is 16.7. The smallest absolute Gasteiger partial charge is 0.319 e. The highest BCUT2D eigenvalue weighted by atomic mass is 19.1. The van der Waals surface area contributed by atoms with Crippen molar-refractivity contribution in [3.63, 3.8) is 0 Å². The van der Waals surface area contributed by atoms with Crippen molar-refractivity contribution >= 4 is 12.1 Å². The maximum absolute atomic E-state index is 13.4. The van der Waals surface area contributed by atoms with E-state index in [-0.39, 0.29) is 17.9 Å². The van der Waals surface area contributed by atoms with E-state index in [9.17, 15) is 9.18 Å². The second-order valence-electron chi connectivity index (χ2n) is 5.29. The molecule has 0 aromatic heterocycles. The monoisotopic (exact) mass is 312 g/mol. The molecule has 0 saturated heterocycles. The average molecular weight is 312 g/mol. The maximum Gasteiger partial charge on any atom is 0.319 e. The lowest BCUT2D eigenvalue weighted by molar-refractivity contribution is 0.241. The highest BCUT2D eigenvalue weighted by Crippen LogP contribution is 2.13. The van der Waals surface area contributed by atoms with Crippen LogP contribution in [0.3, 0.4) is 0 Å². The van der Waals surface area contributed by atoms with E-state index in [2.05, 4.69) is 29.7 Å². The van der Waals surface area contributed by atoms with Gasteiger partial charge in [-0.25, -0.2) is 9.18 Å². The number of amides is 2. The van der Waals surface area contributed by atoms with Crippen LogP contribution in [0, 0.1) is 5.82 Å². The summed E-state index contributed by atoms with van der Waals surface area (Å²) in [6.07, 6.45) is 3.94. The van der Waals surface area contributed by atoms with E-state index < -0.39 is 0 Å². The minimum Gasteiger partial charge on any atom is -0.331 e. The number of benzene rings is 2. The van der Waals surface area contributed by atoms with Crippen molar-refractivity contribution in [3.8, 4) is 0 Å². The molecule has 0 radical (unpaired) electrons. The van der Waals surface area contributed by atoms with Gasteiger partial charge in [0.15, 0.2) is 0 Å².